The average Bonchev–Trinajstić information content (AvgIpc) is 3.53. The Morgan fingerprint density at radius 2 is 1.74 bits per heavy atom. The van der Waals surface area contributed by atoms with Crippen molar-refractivity contribution in [1.29, 1.82) is 0 Å². The molecule has 198 valence electrons. The summed E-state index contributed by atoms with van der Waals surface area (Å²) in [6.07, 6.45) is 4.22. The Bertz CT molecular complexity index is 1760. The molecule has 39 heavy (non-hydrogen) atoms. The molecule has 0 radical (unpaired) electrons. The number of aryl methyl sites for hydroxylation is 1. The Hall–Kier alpha value is -3.73. The lowest BCUT2D eigenvalue weighted by atomic mass is 9.95. The predicted molar refractivity (Wildman–Crippen MR) is 158 cm³/mol. The third-order valence-corrected chi connectivity index (χ3v) is 10.3. The molecule has 1 aliphatic carbocycles. The normalized spacial score (nSPS) is 13.2. The molecule has 0 spiro atoms. The topological polar surface area (TPSA) is 97.4 Å². The number of nitrogens with zero attached hydrogens (tertiary/aromatic N) is 1. The van der Waals surface area contributed by atoms with Gasteiger partial charge in [-0.05, 0) is 85.8 Å². The van der Waals surface area contributed by atoms with E-state index in [1.165, 1.54) is 29.7 Å². The fraction of sp³-hybridized carbons (Fsp3) is 0.172. The average molecular weight is 576 g/mol. The number of sulfonamides is 1. The van der Waals surface area contributed by atoms with E-state index in [1.807, 2.05) is 18.2 Å². The Balaban J connectivity index is 1.28. The van der Waals surface area contributed by atoms with E-state index in [1.54, 1.807) is 59.1 Å². The van der Waals surface area contributed by atoms with Gasteiger partial charge in [0.25, 0.3) is 15.9 Å². The van der Waals surface area contributed by atoms with Crippen molar-refractivity contribution in [2.45, 2.75) is 30.6 Å². The number of ether oxygens (including phenoxy) is 1. The molecule has 0 bridgehead atoms. The molecule has 1 aliphatic rings. The maximum absolute atomic E-state index is 13.4. The number of thiophene rings is 1. The van der Waals surface area contributed by atoms with E-state index >= 15 is 0 Å². The van der Waals surface area contributed by atoms with Crippen LogP contribution in [0.1, 0.15) is 33.6 Å². The molecule has 5 aromatic rings. The van der Waals surface area contributed by atoms with Gasteiger partial charge in [-0.1, -0.05) is 18.2 Å². The van der Waals surface area contributed by atoms with Crippen molar-refractivity contribution in [3.63, 3.8) is 0 Å². The molecular formula is C29H25N3O4S3. The van der Waals surface area contributed by atoms with Crippen molar-refractivity contribution in [1.82, 2.24) is 4.98 Å². The van der Waals surface area contributed by atoms with Gasteiger partial charge in [0.15, 0.2) is 0 Å². The summed E-state index contributed by atoms with van der Waals surface area (Å²) in [4.78, 5) is 19.7. The van der Waals surface area contributed by atoms with Crippen LogP contribution in [0.2, 0.25) is 0 Å². The van der Waals surface area contributed by atoms with Crippen LogP contribution in [-0.4, -0.2) is 26.4 Å². The van der Waals surface area contributed by atoms with Gasteiger partial charge in [-0.2, -0.15) is 0 Å². The number of hydrogen-bond donors (Lipinski definition) is 2. The van der Waals surface area contributed by atoms with Crippen LogP contribution in [0.15, 0.2) is 77.7 Å². The number of thiazole rings is 1. The lowest BCUT2D eigenvalue weighted by Gasteiger charge is -2.12. The van der Waals surface area contributed by atoms with Gasteiger partial charge in [-0.15, -0.1) is 22.7 Å². The summed E-state index contributed by atoms with van der Waals surface area (Å²) >= 11 is 3.25. The van der Waals surface area contributed by atoms with Crippen LogP contribution in [0.5, 0.6) is 5.75 Å². The van der Waals surface area contributed by atoms with Gasteiger partial charge in [0.1, 0.15) is 15.8 Å². The highest BCUT2D eigenvalue weighted by Crippen LogP contribution is 2.46. The van der Waals surface area contributed by atoms with Crippen LogP contribution in [-0.2, 0) is 22.9 Å². The highest BCUT2D eigenvalue weighted by atomic mass is 32.2. The van der Waals surface area contributed by atoms with Crippen molar-refractivity contribution < 1.29 is 17.9 Å². The number of para-hydroxylation sites is 1. The van der Waals surface area contributed by atoms with E-state index in [0.717, 1.165) is 51.5 Å². The number of anilines is 2. The minimum atomic E-state index is -3.84. The quantitative estimate of drug-likeness (QED) is 0.219. The molecule has 0 saturated heterocycles. The Morgan fingerprint density at radius 1 is 0.949 bits per heavy atom. The molecular weight excluding hydrogens is 551 g/mol. The molecule has 0 unspecified atom stereocenters. The fourth-order valence-corrected chi connectivity index (χ4v) is 8.17. The summed E-state index contributed by atoms with van der Waals surface area (Å²) in [7, 11) is -2.32. The van der Waals surface area contributed by atoms with Crippen molar-refractivity contribution in [3.8, 4) is 16.3 Å². The first-order valence-electron chi connectivity index (χ1n) is 12.5. The van der Waals surface area contributed by atoms with E-state index in [2.05, 4.69) is 16.1 Å². The van der Waals surface area contributed by atoms with Crippen molar-refractivity contribution in [2.75, 3.05) is 17.1 Å². The molecule has 0 atom stereocenters. The van der Waals surface area contributed by atoms with Gasteiger partial charge in [0, 0.05) is 21.7 Å². The van der Waals surface area contributed by atoms with E-state index < -0.39 is 10.0 Å². The number of carbonyl (C=O) groups is 1. The standard InChI is InChI=1S/C29H25N3O4S3/c1-36-20-13-15-21(16-14-20)39(34,35)32-19-8-6-7-18(17-19)27(33)31-29-26(22-9-2-4-11-24(22)37-29)28-30-23-10-3-5-12-25(23)38-28/h3,5-8,10,12-17,32H,2,4,9,11H2,1H3,(H,31,33). The first-order valence-corrected chi connectivity index (χ1v) is 15.6. The summed E-state index contributed by atoms with van der Waals surface area (Å²) in [5.41, 5.74) is 3.89. The molecule has 6 rings (SSSR count). The number of carbonyl (C=O) groups excluding carboxylic acids is 1. The van der Waals surface area contributed by atoms with Gasteiger partial charge in [0.2, 0.25) is 0 Å². The van der Waals surface area contributed by atoms with E-state index in [9.17, 15) is 13.2 Å². The number of rotatable bonds is 7. The second-order valence-electron chi connectivity index (χ2n) is 9.22. The minimum Gasteiger partial charge on any atom is -0.497 e. The number of nitrogens with one attached hydrogen (secondary N) is 2. The Kier molecular flexibility index (Phi) is 6.84. The molecule has 2 aromatic heterocycles. The second kappa shape index (κ2) is 10.4. The van der Waals surface area contributed by atoms with Crippen LogP contribution >= 0.6 is 22.7 Å². The molecule has 0 saturated carbocycles. The lowest BCUT2D eigenvalue weighted by Crippen LogP contribution is -2.15. The predicted octanol–water partition coefficient (Wildman–Crippen LogP) is 6.97. The molecule has 0 fully saturated rings. The number of hydrogen-bond acceptors (Lipinski definition) is 7. The number of methoxy groups -OCH3 is 1. The Labute approximate surface area is 234 Å². The Morgan fingerprint density at radius 3 is 2.54 bits per heavy atom. The summed E-state index contributed by atoms with van der Waals surface area (Å²) in [5, 5.41) is 4.81. The molecule has 10 heteroatoms. The summed E-state index contributed by atoms with van der Waals surface area (Å²) < 4.78 is 34.6. The first-order chi connectivity index (χ1) is 18.9. The summed E-state index contributed by atoms with van der Waals surface area (Å²) in [6, 6.07) is 20.7. The van der Waals surface area contributed by atoms with Crippen molar-refractivity contribution in [2.24, 2.45) is 0 Å². The largest absolute Gasteiger partial charge is 0.497 e. The van der Waals surface area contributed by atoms with Gasteiger partial charge in [-0.3, -0.25) is 9.52 Å². The SMILES string of the molecule is COc1ccc(S(=O)(=O)Nc2cccc(C(=O)Nc3sc4c(c3-c3nc5ccccc5s3)CCCC4)c2)cc1. The molecule has 1 amide bonds. The number of fused-ring (bicyclic) bond motifs is 2. The third-order valence-electron chi connectivity index (χ3n) is 6.65. The number of amides is 1. The van der Waals surface area contributed by atoms with Crippen molar-refractivity contribution in [3.05, 3.63) is 88.8 Å². The fourth-order valence-electron chi connectivity index (χ4n) is 4.73. The van der Waals surface area contributed by atoms with Crippen LogP contribution < -0.4 is 14.8 Å². The van der Waals surface area contributed by atoms with E-state index in [-0.39, 0.29) is 10.8 Å². The minimum absolute atomic E-state index is 0.0998. The number of aromatic nitrogens is 1. The van der Waals surface area contributed by atoms with Crippen LogP contribution in [0.4, 0.5) is 10.7 Å². The maximum atomic E-state index is 13.4. The zero-order valence-corrected chi connectivity index (χ0v) is 23.5. The highest BCUT2D eigenvalue weighted by molar-refractivity contribution is 7.92. The molecule has 2 N–H and O–H groups in total. The zero-order valence-electron chi connectivity index (χ0n) is 21.1. The molecule has 3 aromatic carbocycles. The van der Waals surface area contributed by atoms with Crippen LogP contribution in [0.25, 0.3) is 20.8 Å². The van der Waals surface area contributed by atoms with E-state index in [4.69, 9.17) is 9.72 Å². The molecule has 2 heterocycles. The number of benzene rings is 3. The van der Waals surface area contributed by atoms with Crippen LogP contribution in [0.3, 0.4) is 0 Å². The van der Waals surface area contributed by atoms with Crippen molar-refractivity contribution >= 4 is 59.5 Å². The van der Waals surface area contributed by atoms with E-state index in [0.29, 0.717) is 17.0 Å². The zero-order chi connectivity index (χ0) is 27.0. The van der Waals surface area contributed by atoms with Gasteiger partial charge >= 0.3 is 0 Å². The maximum Gasteiger partial charge on any atom is 0.261 e. The summed E-state index contributed by atoms with van der Waals surface area (Å²) in [5.74, 6) is 0.259. The van der Waals surface area contributed by atoms with Gasteiger partial charge in [-0.25, -0.2) is 13.4 Å². The third kappa shape index (κ3) is 5.15. The smallest absolute Gasteiger partial charge is 0.261 e. The molecule has 0 aliphatic heterocycles. The van der Waals surface area contributed by atoms with Crippen LogP contribution in [0, 0.1) is 0 Å². The lowest BCUT2D eigenvalue weighted by molar-refractivity contribution is 0.102. The first kappa shape index (κ1) is 25.5. The highest BCUT2D eigenvalue weighted by Gasteiger charge is 2.25. The van der Waals surface area contributed by atoms with Gasteiger partial charge in [0.05, 0.1) is 22.2 Å². The monoisotopic (exact) mass is 575 g/mol. The molecule has 7 nitrogen and oxygen atoms in total. The summed E-state index contributed by atoms with van der Waals surface area (Å²) in [6.45, 7) is 0. The van der Waals surface area contributed by atoms with Gasteiger partial charge < -0.3 is 10.1 Å². The second-order valence-corrected chi connectivity index (χ2v) is 13.0.